The Hall–Kier alpha value is -2.17. The molecule has 4 heteroatoms. The van der Waals surface area contributed by atoms with Gasteiger partial charge in [0.15, 0.2) is 0 Å². The standard InChI is InChI=1S/C21H25NO3/c23-16-19-20(25-13-7-12-17-8-3-1-4-9-17)15-22(19)21(24)14-18-10-5-2-6-11-18/h1-6,8-11,19-20,23H,7,12-16H2. The second kappa shape index (κ2) is 8.79. The molecule has 0 aromatic heterocycles. The number of ether oxygens (including phenoxy) is 1. The van der Waals surface area contributed by atoms with Gasteiger partial charge in [-0.15, -0.1) is 0 Å². The van der Waals surface area contributed by atoms with Crippen molar-refractivity contribution < 1.29 is 14.6 Å². The number of aliphatic hydroxyl groups excluding tert-OH is 1. The summed E-state index contributed by atoms with van der Waals surface area (Å²) < 4.78 is 5.88. The Morgan fingerprint density at radius 1 is 1.04 bits per heavy atom. The zero-order chi connectivity index (χ0) is 17.5. The Balaban J connectivity index is 1.40. The van der Waals surface area contributed by atoms with Gasteiger partial charge in [-0.25, -0.2) is 0 Å². The molecule has 0 bridgehead atoms. The summed E-state index contributed by atoms with van der Waals surface area (Å²) in [6.07, 6.45) is 2.24. The summed E-state index contributed by atoms with van der Waals surface area (Å²) in [6, 6.07) is 19.8. The third-order valence-corrected chi connectivity index (χ3v) is 4.70. The van der Waals surface area contributed by atoms with Gasteiger partial charge in [-0.05, 0) is 24.0 Å². The lowest BCUT2D eigenvalue weighted by atomic mass is 9.98. The monoisotopic (exact) mass is 339 g/mol. The molecule has 2 unspecified atom stereocenters. The molecular weight excluding hydrogens is 314 g/mol. The van der Waals surface area contributed by atoms with E-state index in [0.717, 1.165) is 18.4 Å². The Morgan fingerprint density at radius 2 is 1.68 bits per heavy atom. The van der Waals surface area contributed by atoms with Gasteiger partial charge < -0.3 is 14.7 Å². The van der Waals surface area contributed by atoms with E-state index in [9.17, 15) is 9.90 Å². The van der Waals surface area contributed by atoms with Gasteiger partial charge in [0, 0.05) is 13.2 Å². The molecule has 1 heterocycles. The van der Waals surface area contributed by atoms with Crippen molar-refractivity contribution in [3.8, 4) is 0 Å². The first-order valence-electron chi connectivity index (χ1n) is 8.87. The molecule has 1 amide bonds. The topological polar surface area (TPSA) is 49.8 Å². The number of rotatable bonds is 8. The highest BCUT2D eigenvalue weighted by Crippen LogP contribution is 2.22. The van der Waals surface area contributed by atoms with Crippen LogP contribution in [0.25, 0.3) is 0 Å². The number of hydrogen-bond acceptors (Lipinski definition) is 3. The molecule has 2 atom stereocenters. The van der Waals surface area contributed by atoms with Crippen LogP contribution in [0.3, 0.4) is 0 Å². The Labute approximate surface area is 149 Å². The molecule has 1 N–H and O–H groups in total. The number of carbonyl (C=O) groups is 1. The van der Waals surface area contributed by atoms with E-state index in [1.165, 1.54) is 5.56 Å². The van der Waals surface area contributed by atoms with Gasteiger partial charge in [-0.1, -0.05) is 60.7 Å². The summed E-state index contributed by atoms with van der Waals surface area (Å²) in [4.78, 5) is 14.1. The predicted octanol–water partition coefficient (Wildman–Crippen LogP) is 2.45. The van der Waals surface area contributed by atoms with Crippen molar-refractivity contribution in [3.05, 3.63) is 71.8 Å². The van der Waals surface area contributed by atoms with Crippen LogP contribution in [-0.4, -0.2) is 47.8 Å². The summed E-state index contributed by atoms with van der Waals surface area (Å²) in [5.74, 6) is 0.0504. The van der Waals surface area contributed by atoms with Gasteiger partial charge in [0.25, 0.3) is 0 Å². The van der Waals surface area contributed by atoms with Gasteiger partial charge in [0.1, 0.15) is 0 Å². The normalized spacial score (nSPS) is 19.5. The molecule has 132 valence electrons. The van der Waals surface area contributed by atoms with Crippen LogP contribution in [0.5, 0.6) is 0 Å². The fourth-order valence-electron chi connectivity index (χ4n) is 3.21. The number of likely N-dealkylation sites (tertiary alicyclic amines) is 1. The van der Waals surface area contributed by atoms with Crippen molar-refractivity contribution in [2.45, 2.75) is 31.4 Å². The smallest absolute Gasteiger partial charge is 0.227 e. The lowest BCUT2D eigenvalue weighted by Gasteiger charge is -2.46. The molecule has 2 aromatic rings. The Kier molecular flexibility index (Phi) is 6.20. The van der Waals surface area contributed by atoms with E-state index in [1.807, 2.05) is 48.5 Å². The second-order valence-electron chi connectivity index (χ2n) is 6.46. The van der Waals surface area contributed by atoms with E-state index < -0.39 is 0 Å². The number of benzene rings is 2. The molecule has 0 spiro atoms. The molecular formula is C21H25NO3. The van der Waals surface area contributed by atoms with E-state index in [4.69, 9.17) is 4.74 Å². The lowest BCUT2D eigenvalue weighted by Crippen LogP contribution is -2.65. The molecule has 25 heavy (non-hydrogen) atoms. The van der Waals surface area contributed by atoms with Crippen LogP contribution >= 0.6 is 0 Å². The van der Waals surface area contributed by atoms with Crippen LogP contribution in [-0.2, 0) is 22.4 Å². The SMILES string of the molecule is O=C(Cc1ccccc1)N1CC(OCCCc2ccccc2)C1CO. The van der Waals surface area contributed by atoms with Crippen molar-refractivity contribution in [1.82, 2.24) is 4.90 Å². The van der Waals surface area contributed by atoms with E-state index in [1.54, 1.807) is 4.90 Å². The predicted molar refractivity (Wildman–Crippen MR) is 97.2 cm³/mol. The summed E-state index contributed by atoms with van der Waals surface area (Å²) in [6.45, 7) is 1.17. The average Bonchev–Trinajstić information content (AvgIpc) is 2.62. The van der Waals surface area contributed by atoms with Gasteiger partial charge in [-0.2, -0.15) is 0 Å². The number of aliphatic hydroxyl groups is 1. The van der Waals surface area contributed by atoms with Crippen molar-refractivity contribution in [1.29, 1.82) is 0 Å². The summed E-state index contributed by atoms with van der Waals surface area (Å²) in [5.41, 5.74) is 2.30. The molecule has 4 nitrogen and oxygen atoms in total. The van der Waals surface area contributed by atoms with Gasteiger partial charge in [0.05, 0.1) is 25.2 Å². The van der Waals surface area contributed by atoms with Gasteiger partial charge in [0.2, 0.25) is 5.91 Å². The highest BCUT2D eigenvalue weighted by atomic mass is 16.5. The minimum atomic E-state index is -0.215. The summed E-state index contributed by atoms with van der Waals surface area (Å²) in [5, 5.41) is 9.60. The average molecular weight is 339 g/mol. The molecule has 2 aromatic carbocycles. The third kappa shape index (κ3) is 4.68. The minimum absolute atomic E-state index is 0.0504. The molecule has 0 radical (unpaired) electrons. The van der Waals surface area contributed by atoms with Crippen LogP contribution in [0, 0.1) is 0 Å². The number of nitrogens with zero attached hydrogens (tertiary/aromatic N) is 1. The van der Waals surface area contributed by atoms with Crippen LogP contribution in [0.1, 0.15) is 17.5 Å². The van der Waals surface area contributed by atoms with E-state index in [0.29, 0.717) is 19.6 Å². The molecule has 1 fully saturated rings. The molecule has 0 aliphatic carbocycles. The molecule has 1 aliphatic rings. The quantitative estimate of drug-likeness (QED) is 0.752. The Bertz CT molecular complexity index is 659. The third-order valence-electron chi connectivity index (χ3n) is 4.70. The van der Waals surface area contributed by atoms with Crippen molar-refractivity contribution in [3.63, 3.8) is 0 Å². The van der Waals surface area contributed by atoms with Gasteiger partial charge >= 0.3 is 0 Å². The van der Waals surface area contributed by atoms with Crippen molar-refractivity contribution >= 4 is 5.91 Å². The fraction of sp³-hybridized carbons (Fsp3) is 0.381. The zero-order valence-electron chi connectivity index (χ0n) is 14.4. The first-order chi connectivity index (χ1) is 12.3. The van der Waals surface area contributed by atoms with Crippen LogP contribution in [0.15, 0.2) is 60.7 Å². The van der Waals surface area contributed by atoms with Crippen LogP contribution in [0.2, 0.25) is 0 Å². The van der Waals surface area contributed by atoms with Crippen molar-refractivity contribution in [2.75, 3.05) is 19.8 Å². The number of carbonyl (C=O) groups excluding carboxylic acids is 1. The highest BCUT2D eigenvalue weighted by Gasteiger charge is 2.41. The fourth-order valence-corrected chi connectivity index (χ4v) is 3.21. The van der Waals surface area contributed by atoms with Crippen LogP contribution in [0.4, 0.5) is 0 Å². The maximum atomic E-state index is 12.4. The molecule has 1 aliphatic heterocycles. The number of hydrogen-bond donors (Lipinski definition) is 1. The largest absolute Gasteiger partial charge is 0.394 e. The summed E-state index contributed by atoms with van der Waals surface area (Å²) in [7, 11) is 0. The van der Waals surface area contributed by atoms with E-state index in [-0.39, 0.29) is 24.7 Å². The highest BCUT2D eigenvalue weighted by molar-refractivity contribution is 5.80. The van der Waals surface area contributed by atoms with E-state index >= 15 is 0 Å². The maximum absolute atomic E-state index is 12.4. The zero-order valence-corrected chi connectivity index (χ0v) is 14.4. The van der Waals surface area contributed by atoms with Gasteiger partial charge in [-0.3, -0.25) is 4.79 Å². The molecule has 3 rings (SSSR count). The van der Waals surface area contributed by atoms with E-state index in [2.05, 4.69) is 12.1 Å². The molecule has 1 saturated heterocycles. The number of amides is 1. The maximum Gasteiger partial charge on any atom is 0.227 e. The lowest BCUT2D eigenvalue weighted by molar-refractivity contribution is -0.161. The summed E-state index contributed by atoms with van der Waals surface area (Å²) >= 11 is 0. The first-order valence-corrected chi connectivity index (χ1v) is 8.87. The second-order valence-corrected chi connectivity index (χ2v) is 6.46. The Morgan fingerprint density at radius 3 is 2.32 bits per heavy atom. The van der Waals surface area contributed by atoms with Crippen molar-refractivity contribution in [2.24, 2.45) is 0 Å². The number of aryl methyl sites for hydroxylation is 1. The van der Waals surface area contributed by atoms with Crippen LogP contribution < -0.4 is 0 Å². The minimum Gasteiger partial charge on any atom is -0.394 e. The molecule has 0 saturated carbocycles. The first kappa shape index (κ1) is 17.6.